The van der Waals surface area contributed by atoms with Gasteiger partial charge in [0.2, 0.25) is 0 Å². The van der Waals surface area contributed by atoms with Crippen LogP contribution in [0.2, 0.25) is 0 Å². The van der Waals surface area contributed by atoms with Crippen LogP contribution < -0.4 is 0 Å². The van der Waals surface area contributed by atoms with Crippen LogP contribution in [0.5, 0.6) is 0 Å². The molecule has 88 heavy (non-hydrogen) atoms. The third-order valence-corrected chi connectivity index (χ3v) is 14.9. The smallest absolute Gasteiger partial charge is 0.462 e. The summed E-state index contributed by atoms with van der Waals surface area (Å²) in [5, 5.41) is 0. The fourth-order valence-electron chi connectivity index (χ4n) is 8.72. The molecule has 0 radical (unpaired) electrons. The van der Waals surface area contributed by atoms with Gasteiger partial charge in [-0.2, -0.15) is 0 Å². The van der Waals surface area contributed by atoms with Crippen LogP contribution in [0.4, 0.5) is 0 Å². The molecule has 0 bridgehead atoms. The van der Waals surface area contributed by atoms with Crippen molar-refractivity contribution in [1.82, 2.24) is 0 Å². The van der Waals surface area contributed by atoms with Gasteiger partial charge in [0.15, 0.2) is 6.10 Å². The van der Waals surface area contributed by atoms with Gasteiger partial charge >= 0.3 is 19.8 Å². The number of carbonyl (C=O) groups is 2. The largest absolute Gasteiger partial charge is 0.472 e. The number of phosphoric ester groups is 1. The van der Waals surface area contributed by atoms with Gasteiger partial charge in [-0.1, -0.05) is 280 Å². The third kappa shape index (κ3) is 70.2. The van der Waals surface area contributed by atoms with E-state index >= 15 is 0 Å². The minimum atomic E-state index is -4.41. The van der Waals surface area contributed by atoms with Crippen molar-refractivity contribution in [3.8, 4) is 0 Å². The molecule has 0 amide bonds. The highest BCUT2D eigenvalue weighted by atomic mass is 31.2. The van der Waals surface area contributed by atoms with Crippen molar-refractivity contribution in [3.63, 3.8) is 0 Å². The molecule has 0 rings (SSSR count). The standard InChI is InChI=1S/C78H126NO8P/c1-6-8-10-12-14-16-18-20-22-24-26-28-30-32-34-35-36-37-38-39-40-41-42-43-45-47-49-51-53-55-57-59-61-63-65-67-69-71-78(81)87-76(75-86-88(82,83)85-73-72-79(3,4)5)74-84-77(80)70-68-66-64-62-60-58-56-54-52-50-48-46-44-33-31-29-27-25-23-21-19-17-15-13-11-9-7-2/h8-11,14-17,20-23,26-29,32-34,36-37,39-40,42-44,47,49,53,55,76H,6-7,12-13,18-19,24-25,30-31,35,38,41,45-46,48,50-52,54,56-75H2,1-5H3/p+1/b10-8-,11-9-,16-14-,17-15-,22-20-,23-21-,28-26-,29-27-,34-32-,37-36-,40-39-,43-42-,44-33-,49-47-,55-53-. The molecule has 0 aromatic rings. The zero-order valence-electron chi connectivity index (χ0n) is 56.4. The highest BCUT2D eigenvalue weighted by molar-refractivity contribution is 7.47. The Hall–Kier alpha value is -4.89. The van der Waals surface area contributed by atoms with Crippen LogP contribution in [0.3, 0.4) is 0 Å². The first-order chi connectivity index (χ1) is 43.0. The van der Waals surface area contributed by atoms with Crippen LogP contribution in [0.15, 0.2) is 182 Å². The van der Waals surface area contributed by atoms with E-state index in [1.165, 1.54) is 44.9 Å². The summed E-state index contributed by atoms with van der Waals surface area (Å²) in [4.78, 5) is 35.9. The Kier molecular flexibility index (Phi) is 62.8. The molecule has 0 aliphatic rings. The quantitative estimate of drug-likeness (QED) is 0.0211. The van der Waals surface area contributed by atoms with Crippen LogP contribution in [0, 0.1) is 0 Å². The number of carbonyl (C=O) groups excluding carboxylic acids is 2. The Morgan fingerprint density at radius 1 is 0.352 bits per heavy atom. The summed E-state index contributed by atoms with van der Waals surface area (Å²) in [5.74, 6) is -0.829. The topological polar surface area (TPSA) is 108 Å². The number of quaternary nitrogens is 1. The van der Waals surface area contributed by atoms with Crippen molar-refractivity contribution in [2.75, 3.05) is 47.5 Å². The molecule has 0 aromatic heterocycles. The highest BCUT2D eigenvalue weighted by Gasteiger charge is 2.27. The molecule has 0 aliphatic carbocycles. The number of phosphoric acid groups is 1. The maximum absolute atomic E-state index is 12.9. The number of hydrogen-bond donors (Lipinski definition) is 1. The number of hydrogen-bond acceptors (Lipinski definition) is 7. The maximum atomic E-state index is 12.9. The van der Waals surface area contributed by atoms with E-state index in [1.54, 1.807) is 0 Å². The second-order valence-electron chi connectivity index (χ2n) is 23.4. The van der Waals surface area contributed by atoms with Crippen LogP contribution >= 0.6 is 7.82 Å². The van der Waals surface area contributed by atoms with E-state index in [1.807, 2.05) is 21.1 Å². The molecule has 0 spiro atoms. The van der Waals surface area contributed by atoms with Crippen LogP contribution in [-0.2, 0) is 32.7 Å². The zero-order valence-corrected chi connectivity index (χ0v) is 57.3. The van der Waals surface area contributed by atoms with Crippen molar-refractivity contribution >= 4 is 19.8 Å². The zero-order chi connectivity index (χ0) is 64.1. The first-order valence-electron chi connectivity index (χ1n) is 34.5. The summed E-state index contributed by atoms with van der Waals surface area (Å²) in [6, 6.07) is 0. The van der Waals surface area contributed by atoms with E-state index in [0.717, 1.165) is 167 Å². The molecule has 1 N–H and O–H groups in total. The summed E-state index contributed by atoms with van der Waals surface area (Å²) in [6.45, 7) is 4.17. The minimum Gasteiger partial charge on any atom is -0.462 e. The number of unbranched alkanes of at least 4 members (excludes halogenated alkanes) is 17. The van der Waals surface area contributed by atoms with Crippen LogP contribution in [0.1, 0.15) is 245 Å². The van der Waals surface area contributed by atoms with E-state index in [0.29, 0.717) is 17.4 Å². The molecule has 0 fully saturated rings. The van der Waals surface area contributed by atoms with Crippen molar-refractivity contribution in [1.29, 1.82) is 0 Å². The first-order valence-corrected chi connectivity index (χ1v) is 36.0. The highest BCUT2D eigenvalue weighted by Crippen LogP contribution is 2.43. The van der Waals surface area contributed by atoms with E-state index in [4.69, 9.17) is 18.5 Å². The van der Waals surface area contributed by atoms with Gasteiger partial charge in [-0.15, -0.1) is 0 Å². The normalized spacial score (nSPS) is 14.3. The van der Waals surface area contributed by atoms with Crippen molar-refractivity contribution < 1.29 is 42.1 Å². The molecule has 0 aromatic carbocycles. The molecule has 0 heterocycles. The Balaban J connectivity index is 4.18. The number of rotatable bonds is 61. The molecule has 9 nitrogen and oxygen atoms in total. The Morgan fingerprint density at radius 2 is 0.614 bits per heavy atom. The van der Waals surface area contributed by atoms with Crippen molar-refractivity contribution in [2.45, 2.75) is 251 Å². The number of esters is 2. The molecular weight excluding hydrogens is 1110 g/mol. The van der Waals surface area contributed by atoms with Gasteiger partial charge in [0, 0.05) is 12.8 Å². The summed E-state index contributed by atoms with van der Waals surface area (Å²) >= 11 is 0. The van der Waals surface area contributed by atoms with Gasteiger partial charge < -0.3 is 18.9 Å². The summed E-state index contributed by atoms with van der Waals surface area (Å²) in [7, 11) is 1.44. The minimum absolute atomic E-state index is 0.0182. The molecular formula is C78H127NO8P+. The van der Waals surface area contributed by atoms with E-state index < -0.39 is 26.5 Å². The van der Waals surface area contributed by atoms with Gasteiger partial charge in [0.05, 0.1) is 27.7 Å². The molecule has 2 atom stereocenters. The van der Waals surface area contributed by atoms with Gasteiger partial charge in [0.25, 0.3) is 0 Å². The third-order valence-electron chi connectivity index (χ3n) is 13.9. The molecule has 2 unspecified atom stereocenters. The van der Waals surface area contributed by atoms with Crippen molar-refractivity contribution in [2.24, 2.45) is 0 Å². The maximum Gasteiger partial charge on any atom is 0.472 e. The average Bonchev–Trinajstić information content (AvgIpc) is 3.68. The van der Waals surface area contributed by atoms with Gasteiger partial charge in [-0.25, -0.2) is 4.57 Å². The molecule has 0 saturated carbocycles. The van der Waals surface area contributed by atoms with Crippen molar-refractivity contribution in [3.05, 3.63) is 182 Å². The number of ether oxygens (including phenoxy) is 2. The predicted octanol–water partition coefficient (Wildman–Crippen LogP) is 22.7. The molecule has 0 saturated heterocycles. The number of nitrogens with zero attached hydrogens (tertiary/aromatic N) is 1. The Bertz CT molecular complexity index is 2140. The lowest BCUT2D eigenvalue weighted by atomic mass is 10.0. The Morgan fingerprint density at radius 3 is 0.909 bits per heavy atom. The van der Waals surface area contributed by atoms with Gasteiger partial charge in [0.1, 0.15) is 19.8 Å². The SMILES string of the molecule is CC/C=C\C/C=C\C/C=C\C/C=C\C/C=C\C/C=C\C/C=C\C/C=C\C/C=C\C/C=C\CCCCCCCCC(=O)OC(COC(=O)CCCCCCCCCCCCC/C=C\C/C=C\C/C=C\C/C=C\C/C=C\CC)COP(=O)(O)OCC[N+](C)(C)C. The van der Waals surface area contributed by atoms with E-state index in [-0.39, 0.29) is 32.0 Å². The second-order valence-corrected chi connectivity index (χ2v) is 24.9. The van der Waals surface area contributed by atoms with Crippen LogP contribution in [-0.4, -0.2) is 74.9 Å². The van der Waals surface area contributed by atoms with E-state index in [2.05, 4.69) is 196 Å². The molecule has 10 heteroatoms. The number of allylic oxidation sites excluding steroid dienone is 30. The molecule has 0 aliphatic heterocycles. The fraction of sp³-hybridized carbons (Fsp3) is 0.590. The predicted molar refractivity (Wildman–Crippen MR) is 380 cm³/mol. The Labute approximate surface area is 540 Å². The van der Waals surface area contributed by atoms with Crippen LogP contribution in [0.25, 0.3) is 0 Å². The molecule has 496 valence electrons. The van der Waals surface area contributed by atoms with Gasteiger partial charge in [-0.05, 0) is 135 Å². The monoisotopic (exact) mass is 1240 g/mol. The average molecular weight is 1240 g/mol. The van der Waals surface area contributed by atoms with Gasteiger partial charge in [-0.3, -0.25) is 18.6 Å². The fourth-order valence-corrected chi connectivity index (χ4v) is 9.46. The lowest BCUT2D eigenvalue weighted by Crippen LogP contribution is -2.37. The lowest BCUT2D eigenvalue weighted by molar-refractivity contribution is -0.870. The van der Waals surface area contributed by atoms with E-state index in [9.17, 15) is 19.0 Å². The summed E-state index contributed by atoms with van der Waals surface area (Å²) in [6.07, 6.45) is 103. The first kappa shape index (κ1) is 83.1. The number of likely N-dealkylation sites (N-methyl/N-ethyl adjacent to an activating group) is 1. The summed E-state index contributed by atoms with van der Waals surface area (Å²) < 4.78 is 34.7. The summed E-state index contributed by atoms with van der Waals surface area (Å²) in [5.41, 5.74) is 0. The second kappa shape index (κ2) is 66.5. The lowest BCUT2D eigenvalue weighted by Gasteiger charge is -2.24.